The van der Waals surface area contributed by atoms with E-state index < -0.39 is 11.7 Å². The van der Waals surface area contributed by atoms with Gasteiger partial charge >= 0.3 is 0 Å². The number of nitrogens with one attached hydrogen (secondary N) is 2. The van der Waals surface area contributed by atoms with Crippen molar-refractivity contribution in [2.45, 2.75) is 13.3 Å². The van der Waals surface area contributed by atoms with E-state index in [-0.39, 0.29) is 5.56 Å². The quantitative estimate of drug-likeness (QED) is 0.629. The minimum atomic E-state index is -0.623. The molecule has 0 aromatic heterocycles. The summed E-state index contributed by atoms with van der Waals surface area (Å²) in [5, 5.41) is 6.15. The lowest BCUT2D eigenvalue weighted by molar-refractivity contribution is 0.1000. The van der Waals surface area contributed by atoms with Crippen LogP contribution in [0.15, 0.2) is 18.2 Å². The number of carbonyl (C=O) groups excluding carboxylic acids is 1. The first-order valence-corrected chi connectivity index (χ1v) is 5.69. The summed E-state index contributed by atoms with van der Waals surface area (Å²) in [5.41, 5.74) is 5.63. The molecule has 17 heavy (non-hydrogen) atoms. The lowest BCUT2D eigenvalue weighted by atomic mass is 10.2. The van der Waals surface area contributed by atoms with E-state index in [1.54, 1.807) is 0 Å². The minimum Gasteiger partial charge on any atom is -0.383 e. The Hall–Kier alpha value is -1.62. The van der Waals surface area contributed by atoms with E-state index in [0.717, 1.165) is 25.6 Å². The molecule has 5 heteroatoms. The van der Waals surface area contributed by atoms with E-state index in [4.69, 9.17) is 5.73 Å². The number of amides is 1. The zero-order valence-electron chi connectivity index (χ0n) is 9.92. The summed E-state index contributed by atoms with van der Waals surface area (Å²) in [7, 11) is 0. The fourth-order valence-electron chi connectivity index (χ4n) is 1.42. The third-order valence-electron chi connectivity index (χ3n) is 2.35. The number of hydrogen-bond acceptors (Lipinski definition) is 3. The highest BCUT2D eigenvalue weighted by molar-refractivity contribution is 5.93. The van der Waals surface area contributed by atoms with Crippen LogP contribution in [-0.4, -0.2) is 25.5 Å². The van der Waals surface area contributed by atoms with Gasteiger partial charge in [-0.1, -0.05) is 6.92 Å². The maximum absolute atomic E-state index is 13.5. The fraction of sp³-hybridized carbons (Fsp3) is 0.417. The van der Waals surface area contributed by atoms with Crippen molar-refractivity contribution in [1.29, 1.82) is 0 Å². The molecule has 4 nitrogen and oxygen atoms in total. The molecule has 0 aliphatic rings. The van der Waals surface area contributed by atoms with E-state index in [1.165, 1.54) is 12.1 Å². The molecule has 1 aromatic rings. The number of primary amides is 1. The molecule has 0 bridgehead atoms. The van der Waals surface area contributed by atoms with Crippen LogP contribution >= 0.6 is 0 Å². The number of anilines is 1. The van der Waals surface area contributed by atoms with Crippen LogP contribution in [0.3, 0.4) is 0 Å². The number of hydrogen-bond donors (Lipinski definition) is 3. The van der Waals surface area contributed by atoms with Gasteiger partial charge in [0.25, 0.3) is 0 Å². The Balaban J connectivity index is 2.46. The van der Waals surface area contributed by atoms with Crippen LogP contribution in [0.1, 0.15) is 23.7 Å². The van der Waals surface area contributed by atoms with E-state index in [2.05, 4.69) is 10.6 Å². The van der Waals surface area contributed by atoms with Crippen molar-refractivity contribution in [3.05, 3.63) is 29.6 Å². The van der Waals surface area contributed by atoms with Crippen LogP contribution in [0.2, 0.25) is 0 Å². The molecular weight excluding hydrogens is 221 g/mol. The van der Waals surface area contributed by atoms with Crippen molar-refractivity contribution < 1.29 is 9.18 Å². The van der Waals surface area contributed by atoms with Gasteiger partial charge in [0.2, 0.25) is 5.91 Å². The molecular formula is C12H18FN3O. The van der Waals surface area contributed by atoms with Crippen molar-refractivity contribution in [2.24, 2.45) is 5.73 Å². The van der Waals surface area contributed by atoms with E-state index in [1.807, 2.05) is 6.92 Å². The fourth-order valence-corrected chi connectivity index (χ4v) is 1.42. The number of halogens is 1. The molecule has 1 aromatic carbocycles. The van der Waals surface area contributed by atoms with E-state index >= 15 is 0 Å². The summed E-state index contributed by atoms with van der Waals surface area (Å²) in [6, 6.07) is 4.19. The topological polar surface area (TPSA) is 67.2 Å². The Bertz CT molecular complexity index is 382. The molecule has 4 N–H and O–H groups in total. The maximum Gasteiger partial charge on any atom is 0.248 e. The Morgan fingerprint density at radius 1 is 1.41 bits per heavy atom. The normalized spacial score (nSPS) is 10.2. The SMILES string of the molecule is CCNCCCNc1ccc(C(N)=O)cc1F. The van der Waals surface area contributed by atoms with E-state index in [0.29, 0.717) is 12.2 Å². The Kier molecular flexibility index (Phi) is 5.42. The molecule has 94 valence electrons. The molecule has 1 amide bonds. The van der Waals surface area contributed by atoms with Gasteiger partial charge in [-0.05, 0) is 37.7 Å². The van der Waals surface area contributed by atoms with Crippen molar-refractivity contribution in [2.75, 3.05) is 25.0 Å². The third-order valence-corrected chi connectivity index (χ3v) is 2.35. The highest BCUT2D eigenvalue weighted by Crippen LogP contribution is 2.15. The van der Waals surface area contributed by atoms with Crippen LogP contribution < -0.4 is 16.4 Å². The van der Waals surface area contributed by atoms with Crippen LogP contribution in [0.5, 0.6) is 0 Å². The Morgan fingerprint density at radius 2 is 2.18 bits per heavy atom. The minimum absolute atomic E-state index is 0.181. The predicted molar refractivity (Wildman–Crippen MR) is 66.6 cm³/mol. The molecule has 0 saturated carbocycles. The van der Waals surface area contributed by atoms with Crippen molar-refractivity contribution in [3.63, 3.8) is 0 Å². The maximum atomic E-state index is 13.5. The molecule has 0 unspecified atom stereocenters. The van der Waals surface area contributed by atoms with Crippen LogP contribution in [0.4, 0.5) is 10.1 Å². The third kappa shape index (κ3) is 4.40. The second-order valence-corrected chi connectivity index (χ2v) is 3.69. The molecule has 0 radical (unpaired) electrons. The van der Waals surface area contributed by atoms with Gasteiger partial charge in [0.1, 0.15) is 5.82 Å². The van der Waals surface area contributed by atoms with Crippen molar-refractivity contribution in [1.82, 2.24) is 5.32 Å². The van der Waals surface area contributed by atoms with Gasteiger partial charge in [-0.2, -0.15) is 0 Å². The van der Waals surface area contributed by atoms with Gasteiger partial charge in [0, 0.05) is 12.1 Å². The second-order valence-electron chi connectivity index (χ2n) is 3.69. The van der Waals surface area contributed by atoms with Crippen LogP contribution in [0, 0.1) is 5.82 Å². The average molecular weight is 239 g/mol. The summed E-state index contributed by atoms with van der Waals surface area (Å²) in [6.45, 7) is 4.54. The van der Waals surface area contributed by atoms with Gasteiger partial charge in [-0.25, -0.2) is 4.39 Å². The molecule has 0 aliphatic carbocycles. The summed E-state index contributed by atoms with van der Waals surface area (Å²) in [6.07, 6.45) is 0.908. The summed E-state index contributed by atoms with van der Waals surface area (Å²) in [5.74, 6) is -1.08. The summed E-state index contributed by atoms with van der Waals surface area (Å²) < 4.78 is 13.5. The Labute approximate surface area is 100 Å². The van der Waals surface area contributed by atoms with Crippen molar-refractivity contribution >= 4 is 11.6 Å². The zero-order valence-corrected chi connectivity index (χ0v) is 9.92. The van der Waals surface area contributed by atoms with Crippen molar-refractivity contribution in [3.8, 4) is 0 Å². The molecule has 0 fully saturated rings. The molecule has 0 spiro atoms. The lowest BCUT2D eigenvalue weighted by Crippen LogP contribution is -2.17. The van der Waals surface area contributed by atoms with Gasteiger partial charge in [-0.3, -0.25) is 4.79 Å². The van der Waals surface area contributed by atoms with Crippen LogP contribution in [0.25, 0.3) is 0 Å². The van der Waals surface area contributed by atoms with Gasteiger partial charge in [0.15, 0.2) is 0 Å². The Morgan fingerprint density at radius 3 is 2.76 bits per heavy atom. The summed E-state index contributed by atoms with van der Waals surface area (Å²) >= 11 is 0. The van der Waals surface area contributed by atoms with Gasteiger partial charge in [0.05, 0.1) is 5.69 Å². The van der Waals surface area contributed by atoms with Gasteiger partial charge < -0.3 is 16.4 Å². The molecule has 0 aliphatic heterocycles. The zero-order chi connectivity index (χ0) is 12.7. The standard InChI is InChI=1S/C12H18FN3O/c1-2-15-6-3-7-16-11-5-4-9(12(14)17)8-10(11)13/h4-5,8,15-16H,2-3,6-7H2,1H3,(H2,14,17). The van der Waals surface area contributed by atoms with Crippen LogP contribution in [-0.2, 0) is 0 Å². The summed E-state index contributed by atoms with van der Waals surface area (Å²) in [4.78, 5) is 10.8. The number of benzene rings is 1. The largest absolute Gasteiger partial charge is 0.383 e. The van der Waals surface area contributed by atoms with Gasteiger partial charge in [-0.15, -0.1) is 0 Å². The second kappa shape index (κ2) is 6.85. The molecule has 0 atom stereocenters. The first-order chi connectivity index (χ1) is 8.15. The number of nitrogens with two attached hydrogens (primary N) is 1. The predicted octanol–water partition coefficient (Wildman–Crippen LogP) is 1.34. The average Bonchev–Trinajstić information content (AvgIpc) is 2.30. The smallest absolute Gasteiger partial charge is 0.248 e. The molecule has 0 heterocycles. The first kappa shape index (κ1) is 13.4. The highest BCUT2D eigenvalue weighted by atomic mass is 19.1. The highest BCUT2D eigenvalue weighted by Gasteiger charge is 2.06. The van der Waals surface area contributed by atoms with E-state index in [9.17, 15) is 9.18 Å². The molecule has 1 rings (SSSR count). The molecule has 0 saturated heterocycles. The first-order valence-electron chi connectivity index (χ1n) is 5.69. The lowest BCUT2D eigenvalue weighted by Gasteiger charge is -2.08. The number of rotatable bonds is 7. The monoisotopic (exact) mass is 239 g/mol. The number of carbonyl (C=O) groups is 1.